The first kappa shape index (κ1) is 22.9. The van der Waals surface area contributed by atoms with Gasteiger partial charge < -0.3 is 5.32 Å². The van der Waals surface area contributed by atoms with Crippen LogP contribution in [-0.4, -0.2) is 30.8 Å². The van der Waals surface area contributed by atoms with Crippen molar-refractivity contribution in [2.75, 3.05) is 11.1 Å². The zero-order valence-corrected chi connectivity index (χ0v) is 19.9. The van der Waals surface area contributed by atoms with E-state index in [0.717, 1.165) is 20.8 Å². The van der Waals surface area contributed by atoms with Crippen LogP contribution in [0.5, 0.6) is 0 Å². The molecule has 0 aliphatic rings. The maximum atomic E-state index is 13.4. The molecule has 33 heavy (non-hydrogen) atoms. The van der Waals surface area contributed by atoms with Gasteiger partial charge in [-0.05, 0) is 48.5 Å². The van der Waals surface area contributed by atoms with Gasteiger partial charge in [-0.3, -0.25) is 18.7 Å². The Labute approximate surface area is 199 Å². The van der Waals surface area contributed by atoms with Crippen LogP contribution in [0.1, 0.15) is 0 Å². The fourth-order valence-corrected chi connectivity index (χ4v) is 4.20. The fourth-order valence-electron chi connectivity index (χ4n) is 3.13. The van der Waals surface area contributed by atoms with Crippen LogP contribution in [-0.2, 0) is 18.9 Å². The molecular formula is C22H17BrFN5O3S. The molecule has 0 unspecified atom stereocenters. The molecule has 4 aromatic rings. The van der Waals surface area contributed by atoms with Gasteiger partial charge in [0.1, 0.15) is 16.2 Å². The summed E-state index contributed by atoms with van der Waals surface area (Å²) in [4.78, 5) is 46.7. The highest BCUT2D eigenvalue weighted by Gasteiger charge is 2.19. The number of halogens is 2. The summed E-state index contributed by atoms with van der Waals surface area (Å²) in [5.74, 6) is -0.530. The molecular weight excluding hydrogens is 513 g/mol. The second-order valence-corrected chi connectivity index (χ2v) is 8.99. The third kappa shape index (κ3) is 4.74. The van der Waals surface area contributed by atoms with Crippen LogP contribution in [0.25, 0.3) is 22.4 Å². The van der Waals surface area contributed by atoms with Crippen molar-refractivity contribution in [2.24, 2.45) is 14.1 Å². The Kier molecular flexibility index (Phi) is 6.43. The van der Waals surface area contributed by atoms with Gasteiger partial charge in [-0.15, -0.1) is 0 Å². The molecule has 0 saturated carbocycles. The normalized spacial score (nSPS) is 11.0. The first-order chi connectivity index (χ1) is 15.7. The van der Waals surface area contributed by atoms with E-state index in [1.165, 1.54) is 42.9 Å². The molecule has 0 atom stereocenters. The summed E-state index contributed by atoms with van der Waals surface area (Å²) in [6.07, 6.45) is 0. The van der Waals surface area contributed by atoms with Crippen LogP contribution in [0.2, 0.25) is 0 Å². The van der Waals surface area contributed by atoms with Crippen LogP contribution in [0.4, 0.5) is 10.1 Å². The monoisotopic (exact) mass is 529 g/mol. The zero-order valence-electron chi connectivity index (χ0n) is 17.5. The third-order valence-electron chi connectivity index (χ3n) is 4.84. The van der Waals surface area contributed by atoms with Crippen LogP contribution in [0.15, 0.2) is 67.6 Å². The third-order valence-corrected chi connectivity index (χ3v) is 6.34. The second-order valence-electron chi connectivity index (χ2n) is 7.11. The lowest BCUT2D eigenvalue weighted by Crippen LogP contribution is -2.37. The molecule has 2 heterocycles. The number of amides is 1. The summed E-state index contributed by atoms with van der Waals surface area (Å²) in [5.41, 5.74) is 0.164. The summed E-state index contributed by atoms with van der Waals surface area (Å²) >= 11 is 4.40. The molecule has 1 amide bonds. The van der Waals surface area contributed by atoms with Crippen LogP contribution in [0, 0.1) is 5.82 Å². The number of benzene rings is 2. The minimum atomic E-state index is -0.561. The lowest BCUT2D eigenvalue weighted by molar-refractivity contribution is -0.113. The summed E-state index contributed by atoms with van der Waals surface area (Å²) in [6, 6.07) is 12.7. The van der Waals surface area contributed by atoms with Crippen molar-refractivity contribution >= 4 is 50.3 Å². The highest BCUT2D eigenvalue weighted by Crippen LogP contribution is 2.26. The van der Waals surface area contributed by atoms with Gasteiger partial charge in [0.05, 0.1) is 5.75 Å². The van der Waals surface area contributed by atoms with E-state index in [9.17, 15) is 18.8 Å². The Morgan fingerprint density at radius 2 is 1.70 bits per heavy atom. The molecule has 0 spiro atoms. The molecule has 2 aromatic carbocycles. The van der Waals surface area contributed by atoms with Crippen molar-refractivity contribution in [3.05, 3.63) is 79.7 Å². The summed E-state index contributed by atoms with van der Waals surface area (Å²) in [7, 11) is 2.87. The van der Waals surface area contributed by atoms with Crippen LogP contribution >= 0.6 is 27.7 Å². The fraction of sp³-hybridized carbons (Fsp3) is 0.136. The summed E-state index contributed by atoms with van der Waals surface area (Å²) in [5, 5.41) is 3.17. The van der Waals surface area contributed by atoms with Crippen molar-refractivity contribution < 1.29 is 9.18 Å². The molecule has 8 nitrogen and oxygen atoms in total. The second kappa shape index (κ2) is 9.28. The van der Waals surface area contributed by atoms with E-state index in [0.29, 0.717) is 11.3 Å². The molecule has 0 radical (unpaired) electrons. The van der Waals surface area contributed by atoms with Gasteiger partial charge >= 0.3 is 5.69 Å². The topological polar surface area (TPSA) is 98.9 Å². The average Bonchev–Trinajstić information content (AvgIpc) is 2.81. The van der Waals surface area contributed by atoms with E-state index in [2.05, 4.69) is 31.2 Å². The number of hydrogen-bond acceptors (Lipinski definition) is 6. The number of carbonyl (C=O) groups is 1. The Morgan fingerprint density at radius 1 is 1.03 bits per heavy atom. The molecule has 0 aliphatic heterocycles. The van der Waals surface area contributed by atoms with Gasteiger partial charge in [0.2, 0.25) is 5.91 Å². The van der Waals surface area contributed by atoms with Gasteiger partial charge in [-0.1, -0.05) is 27.7 Å². The van der Waals surface area contributed by atoms with Crippen LogP contribution < -0.4 is 16.6 Å². The van der Waals surface area contributed by atoms with Crippen molar-refractivity contribution in [1.82, 2.24) is 19.1 Å². The number of aromatic nitrogens is 4. The van der Waals surface area contributed by atoms with Gasteiger partial charge in [0, 0.05) is 29.8 Å². The van der Waals surface area contributed by atoms with Gasteiger partial charge in [0.25, 0.3) is 5.56 Å². The molecule has 168 valence electrons. The number of nitrogens with zero attached hydrogens (tertiary/aromatic N) is 4. The molecule has 2 aromatic heterocycles. The van der Waals surface area contributed by atoms with Crippen molar-refractivity contribution in [2.45, 2.75) is 5.03 Å². The summed E-state index contributed by atoms with van der Waals surface area (Å²) in [6.45, 7) is 0. The van der Waals surface area contributed by atoms with E-state index in [4.69, 9.17) is 0 Å². The Morgan fingerprint density at radius 3 is 2.36 bits per heavy atom. The molecule has 11 heteroatoms. The minimum Gasteiger partial charge on any atom is -0.325 e. The van der Waals surface area contributed by atoms with E-state index in [1.807, 2.05) is 0 Å². The van der Waals surface area contributed by atoms with Crippen LogP contribution in [0.3, 0.4) is 0 Å². The van der Waals surface area contributed by atoms with Crippen molar-refractivity contribution in [1.29, 1.82) is 0 Å². The molecule has 0 aliphatic carbocycles. The van der Waals surface area contributed by atoms with E-state index >= 15 is 0 Å². The molecule has 4 rings (SSSR count). The lowest BCUT2D eigenvalue weighted by Gasteiger charge is -2.12. The Balaban J connectivity index is 1.75. The maximum Gasteiger partial charge on any atom is 0.332 e. The Bertz CT molecular complexity index is 1480. The summed E-state index contributed by atoms with van der Waals surface area (Å²) < 4.78 is 16.5. The number of anilines is 1. The number of thioether (sulfide) groups is 1. The number of fused-ring (bicyclic) bond motifs is 1. The molecule has 0 saturated heterocycles. The van der Waals surface area contributed by atoms with Crippen molar-refractivity contribution in [3.63, 3.8) is 0 Å². The predicted molar refractivity (Wildman–Crippen MR) is 129 cm³/mol. The Hall–Kier alpha value is -3.31. The number of hydrogen-bond donors (Lipinski definition) is 1. The predicted octanol–water partition coefficient (Wildman–Crippen LogP) is 3.33. The molecule has 0 fully saturated rings. The molecule has 0 bridgehead atoms. The highest BCUT2D eigenvalue weighted by atomic mass is 79.9. The van der Waals surface area contributed by atoms with Gasteiger partial charge in [-0.2, -0.15) is 0 Å². The number of rotatable bonds is 5. The lowest BCUT2D eigenvalue weighted by atomic mass is 10.2. The number of carbonyl (C=O) groups excluding carboxylic acids is 1. The van der Waals surface area contributed by atoms with Gasteiger partial charge in [0.15, 0.2) is 11.5 Å². The minimum absolute atomic E-state index is 0.0307. The molecule has 1 N–H and O–H groups in total. The largest absolute Gasteiger partial charge is 0.332 e. The first-order valence-corrected chi connectivity index (χ1v) is 11.4. The number of aryl methyl sites for hydroxylation is 1. The van der Waals surface area contributed by atoms with E-state index in [1.54, 1.807) is 24.3 Å². The standard InChI is InChI=1S/C22H17BrFN5O3S/c1-28-19-17(21(31)29(2)22(28)32)20(27-18(26-19)12-3-7-14(24)8-4-12)33-11-16(30)25-15-9-5-13(23)6-10-15/h3-10H,11H2,1-2H3,(H,25,30). The zero-order chi connectivity index (χ0) is 23.7. The van der Waals surface area contributed by atoms with Gasteiger partial charge in [-0.25, -0.2) is 19.2 Å². The quantitative estimate of drug-likeness (QED) is 0.314. The smallest absolute Gasteiger partial charge is 0.325 e. The van der Waals surface area contributed by atoms with E-state index in [-0.39, 0.29) is 33.5 Å². The SMILES string of the molecule is Cn1c(=O)c2c(SCC(=O)Nc3ccc(Br)cc3)nc(-c3ccc(F)cc3)nc2n(C)c1=O. The number of nitrogens with one attached hydrogen (secondary N) is 1. The average molecular weight is 530 g/mol. The van der Waals surface area contributed by atoms with Crippen molar-refractivity contribution in [3.8, 4) is 11.4 Å². The highest BCUT2D eigenvalue weighted by molar-refractivity contribution is 9.10. The van der Waals surface area contributed by atoms with E-state index < -0.39 is 17.1 Å². The maximum absolute atomic E-state index is 13.4. The first-order valence-electron chi connectivity index (χ1n) is 9.66.